The van der Waals surface area contributed by atoms with Crippen LogP contribution < -0.4 is 5.32 Å². The molecular formula is C17H19N5O2S. The molecular weight excluding hydrogens is 338 g/mol. The molecule has 1 N–H and O–H groups in total. The zero-order chi connectivity index (χ0) is 17.2. The number of aryl methyl sites for hydroxylation is 1. The highest BCUT2D eigenvalue weighted by Gasteiger charge is 2.30. The number of carbonyl (C=O) groups excluding carboxylic acids is 1. The van der Waals surface area contributed by atoms with Crippen LogP contribution in [0.15, 0.2) is 40.8 Å². The van der Waals surface area contributed by atoms with Gasteiger partial charge in [0.25, 0.3) is 0 Å². The molecule has 130 valence electrons. The molecule has 1 saturated heterocycles. The summed E-state index contributed by atoms with van der Waals surface area (Å²) in [5.74, 6) is 0.983. The van der Waals surface area contributed by atoms with Gasteiger partial charge in [0.1, 0.15) is 23.1 Å². The van der Waals surface area contributed by atoms with E-state index in [0.29, 0.717) is 19.5 Å². The predicted molar refractivity (Wildman–Crippen MR) is 94.1 cm³/mol. The zero-order valence-corrected chi connectivity index (χ0v) is 14.7. The maximum absolute atomic E-state index is 12.9. The number of hydrogen-bond donors (Lipinski definition) is 1. The van der Waals surface area contributed by atoms with E-state index in [2.05, 4.69) is 15.3 Å². The summed E-state index contributed by atoms with van der Waals surface area (Å²) < 4.78 is 7.07. The lowest BCUT2D eigenvalue weighted by Gasteiger charge is -2.35. The fourth-order valence-electron chi connectivity index (χ4n) is 3.10. The maximum Gasteiger partial charge on any atom is 0.229 e. The molecule has 3 aromatic heterocycles. The summed E-state index contributed by atoms with van der Waals surface area (Å²) in [5, 5.41) is 6.17. The van der Waals surface area contributed by atoms with Crippen molar-refractivity contribution in [3.63, 3.8) is 0 Å². The van der Waals surface area contributed by atoms with Crippen molar-refractivity contribution < 1.29 is 9.21 Å². The molecule has 1 fully saturated rings. The van der Waals surface area contributed by atoms with E-state index in [1.165, 1.54) is 11.3 Å². The average molecular weight is 357 g/mol. The van der Waals surface area contributed by atoms with Crippen LogP contribution in [0, 0.1) is 0 Å². The minimum atomic E-state index is -0.0479. The lowest BCUT2D eigenvalue weighted by Crippen LogP contribution is -2.49. The number of nitrogens with zero attached hydrogens (tertiary/aromatic N) is 4. The van der Waals surface area contributed by atoms with Gasteiger partial charge in [0.2, 0.25) is 5.91 Å². The van der Waals surface area contributed by atoms with Gasteiger partial charge < -0.3 is 19.2 Å². The highest BCUT2D eigenvalue weighted by molar-refractivity contribution is 7.13. The molecule has 0 radical (unpaired) electrons. The number of aromatic nitrogens is 3. The summed E-state index contributed by atoms with van der Waals surface area (Å²) >= 11 is 1.53. The minimum absolute atomic E-state index is 0.0479. The second kappa shape index (κ2) is 6.81. The monoisotopic (exact) mass is 357 g/mol. The lowest BCUT2D eigenvalue weighted by molar-refractivity contribution is -0.134. The first kappa shape index (κ1) is 16.0. The molecule has 8 heteroatoms. The van der Waals surface area contributed by atoms with Gasteiger partial charge in [-0.25, -0.2) is 9.97 Å². The molecule has 0 aliphatic carbocycles. The molecule has 1 aliphatic heterocycles. The second-order valence-electron chi connectivity index (χ2n) is 6.04. The summed E-state index contributed by atoms with van der Waals surface area (Å²) in [6.45, 7) is 2.19. The Morgan fingerprint density at radius 1 is 1.52 bits per heavy atom. The summed E-state index contributed by atoms with van der Waals surface area (Å²) in [4.78, 5) is 23.8. The van der Waals surface area contributed by atoms with Gasteiger partial charge in [-0.15, -0.1) is 11.3 Å². The van der Waals surface area contributed by atoms with Crippen LogP contribution in [0.2, 0.25) is 0 Å². The molecule has 7 nitrogen and oxygen atoms in total. The van der Waals surface area contributed by atoms with E-state index >= 15 is 0 Å². The number of carbonyl (C=O) groups is 1. The van der Waals surface area contributed by atoms with Gasteiger partial charge in [0, 0.05) is 50.0 Å². The largest absolute Gasteiger partial charge is 0.472 e. The van der Waals surface area contributed by atoms with Crippen molar-refractivity contribution in [3.05, 3.63) is 47.9 Å². The van der Waals surface area contributed by atoms with Crippen LogP contribution in [-0.2, 0) is 18.3 Å². The van der Waals surface area contributed by atoms with E-state index in [9.17, 15) is 4.79 Å². The smallest absolute Gasteiger partial charge is 0.229 e. The van der Waals surface area contributed by atoms with Gasteiger partial charge in [-0.2, -0.15) is 0 Å². The van der Waals surface area contributed by atoms with Crippen molar-refractivity contribution in [1.29, 1.82) is 0 Å². The number of thiazole rings is 1. The van der Waals surface area contributed by atoms with Crippen LogP contribution in [0.4, 0.5) is 0 Å². The van der Waals surface area contributed by atoms with Crippen molar-refractivity contribution in [1.82, 2.24) is 24.8 Å². The van der Waals surface area contributed by atoms with Gasteiger partial charge in [0.05, 0.1) is 18.4 Å². The van der Waals surface area contributed by atoms with Crippen LogP contribution in [0.3, 0.4) is 0 Å². The molecule has 1 aliphatic rings. The molecule has 4 rings (SSSR count). The van der Waals surface area contributed by atoms with E-state index in [-0.39, 0.29) is 11.9 Å². The Hall–Kier alpha value is -2.45. The van der Waals surface area contributed by atoms with E-state index in [1.807, 2.05) is 34.2 Å². The number of hydrogen-bond acceptors (Lipinski definition) is 6. The van der Waals surface area contributed by atoms with Gasteiger partial charge >= 0.3 is 0 Å². The third kappa shape index (κ3) is 3.22. The van der Waals surface area contributed by atoms with Gasteiger partial charge in [-0.05, 0) is 6.07 Å². The van der Waals surface area contributed by atoms with Gasteiger partial charge in [-0.1, -0.05) is 0 Å². The van der Waals surface area contributed by atoms with Crippen LogP contribution >= 0.6 is 11.3 Å². The quantitative estimate of drug-likeness (QED) is 0.771. The van der Waals surface area contributed by atoms with E-state index in [0.717, 1.165) is 28.6 Å². The molecule has 1 unspecified atom stereocenters. The van der Waals surface area contributed by atoms with Crippen LogP contribution in [0.5, 0.6) is 0 Å². The molecule has 3 aromatic rings. The number of amides is 1. The summed E-state index contributed by atoms with van der Waals surface area (Å²) in [6, 6.07) is 1.82. The molecule has 0 saturated carbocycles. The Balaban J connectivity index is 1.50. The zero-order valence-electron chi connectivity index (χ0n) is 13.9. The highest BCUT2D eigenvalue weighted by Crippen LogP contribution is 2.25. The Kier molecular flexibility index (Phi) is 4.37. The third-order valence-electron chi connectivity index (χ3n) is 4.37. The average Bonchev–Trinajstić information content (AvgIpc) is 3.36. The highest BCUT2D eigenvalue weighted by atomic mass is 32.1. The Morgan fingerprint density at radius 3 is 3.20 bits per heavy atom. The molecule has 0 bridgehead atoms. The van der Waals surface area contributed by atoms with E-state index < -0.39 is 0 Å². The maximum atomic E-state index is 12.9. The minimum Gasteiger partial charge on any atom is -0.472 e. The van der Waals surface area contributed by atoms with Crippen molar-refractivity contribution >= 4 is 17.2 Å². The number of piperazine rings is 1. The Bertz CT molecular complexity index is 854. The summed E-state index contributed by atoms with van der Waals surface area (Å²) in [6.07, 6.45) is 7.27. The standard InChI is InChI=1S/C17H19N5O2S/c1-21-5-4-19-16(21)14-9-18-3-6-22(14)15(23)8-13-11-25-17(20-13)12-2-7-24-10-12/h2,4-5,7,10-11,14,18H,3,6,8-9H2,1H3. The Morgan fingerprint density at radius 2 is 2.44 bits per heavy atom. The van der Waals surface area contributed by atoms with Gasteiger partial charge in [-0.3, -0.25) is 4.79 Å². The first-order valence-corrected chi connectivity index (χ1v) is 9.04. The molecule has 1 amide bonds. The topological polar surface area (TPSA) is 76.2 Å². The van der Waals surface area contributed by atoms with Crippen LogP contribution in [0.25, 0.3) is 10.6 Å². The number of imidazole rings is 1. The number of furan rings is 1. The summed E-state index contributed by atoms with van der Waals surface area (Å²) in [7, 11) is 1.96. The van der Waals surface area contributed by atoms with Crippen molar-refractivity contribution in [2.24, 2.45) is 7.05 Å². The Labute approximate surface area is 149 Å². The molecule has 1 atom stereocenters. The SMILES string of the molecule is Cn1ccnc1C1CNCCN1C(=O)Cc1csc(-c2ccoc2)n1. The van der Waals surface area contributed by atoms with Crippen molar-refractivity contribution in [3.8, 4) is 10.6 Å². The van der Waals surface area contributed by atoms with E-state index in [1.54, 1.807) is 18.7 Å². The van der Waals surface area contributed by atoms with Crippen LogP contribution in [-0.4, -0.2) is 45.0 Å². The first-order chi connectivity index (χ1) is 12.2. The third-order valence-corrected chi connectivity index (χ3v) is 5.31. The molecule has 4 heterocycles. The lowest BCUT2D eigenvalue weighted by atomic mass is 10.1. The van der Waals surface area contributed by atoms with Crippen molar-refractivity contribution in [2.75, 3.05) is 19.6 Å². The number of nitrogens with one attached hydrogen (secondary N) is 1. The number of rotatable bonds is 4. The van der Waals surface area contributed by atoms with Gasteiger partial charge in [0.15, 0.2) is 0 Å². The summed E-state index contributed by atoms with van der Waals surface area (Å²) in [5.41, 5.74) is 1.74. The second-order valence-corrected chi connectivity index (χ2v) is 6.89. The predicted octanol–water partition coefficient (Wildman–Crippen LogP) is 1.85. The van der Waals surface area contributed by atoms with Crippen molar-refractivity contribution in [2.45, 2.75) is 12.5 Å². The van der Waals surface area contributed by atoms with Crippen LogP contribution in [0.1, 0.15) is 17.6 Å². The molecule has 0 aromatic carbocycles. The first-order valence-electron chi connectivity index (χ1n) is 8.17. The normalized spacial score (nSPS) is 17.8. The molecule has 0 spiro atoms. The fraction of sp³-hybridized carbons (Fsp3) is 0.353. The van der Waals surface area contributed by atoms with E-state index in [4.69, 9.17) is 4.42 Å². The fourth-order valence-corrected chi connectivity index (χ4v) is 3.90. The molecule has 25 heavy (non-hydrogen) atoms.